The standard InChI is InChI=1S/C22H25FN2O2/c1-24-12-16-6-9-19(14-24)25(13-16)22(26)17-7-10-20(11-8-17)27-15-18-4-2-3-5-21(18)23/h2-5,7-8,10-11,16,19H,6,9,12-15H2,1H3/t16-,19+/m0/s1. The Morgan fingerprint density at radius 2 is 1.85 bits per heavy atom. The van der Waals surface area contributed by atoms with Crippen LogP contribution in [0.1, 0.15) is 28.8 Å². The molecule has 0 aromatic heterocycles. The summed E-state index contributed by atoms with van der Waals surface area (Å²) in [5.41, 5.74) is 1.20. The first-order valence-corrected chi connectivity index (χ1v) is 9.56. The molecule has 0 spiro atoms. The van der Waals surface area contributed by atoms with Crippen molar-refractivity contribution < 1.29 is 13.9 Å². The van der Waals surface area contributed by atoms with Crippen LogP contribution in [0.3, 0.4) is 0 Å². The number of carbonyl (C=O) groups is 1. The zero-order valence-electron chi connectivity index (χ0n) is 15.6. The number of likely N-dealkylation sites (N-methyl/N-ethyl adjacent to an activating group) is 1. The van der Waals surface area contributed by atoms with Crippen molar-refractivity contribution in [2.24, 2.45) is 5.92 Å². The van der Waals surface area contributed by atoms with E-state index in [9.17, 15) is 9.18 Å². The van der Waals surface area contributed by atoms with E-state index < -0.39 is 0 Å². The van der Waals surface area contributed by atoms with Crippen molar-refractivity contribution in [2.45, 2.75) is 25.5 Å². The predicted octanol–water partition coefficient (Wildman–Crippen LogP) is 3.57. The van der Waals surface area contributed by atoms with Crippen molar-refractivity contribution in [3.8, 4) is 5.75 Å². The number of benzene rings is 2. The summed E-state index contributed by atoms with van der Waals surface area (Å²) in [6.07, 6.45) is 2.30. The van der Waals surface area contributed by atoms with Crippen molar-refractivity contribution in [3.05, 3.63) is 65.5 Å². The molecule has 5 rings (SSSR count). The summed E-state index contributed by atoms with van der Waals surface area (Å²) >= 11 is 0. The predicted molar refractivity (Wildman–Crippen MR) is 102 cm³/mol. The van der Waals surface area contributed by atoms with Gasteiger partial charge in [0.25, 0.3) is 5.91 Å². The average Bonchev–Trinajstić information content (AvgIpc) is 2.96. The zero-order valence-corrected chi connectivity index (χ0v) is 15.6. The third kappa shape index (κ3) is 3.98. The first-order valence-electron chi connectivity index (χ1n) is 9.56. The van der Waals surface area contributed by atoms with Crippen molar-refractivity contribution in [2.75, 3.05) is 26.7 Å². The second-order valence-electron chi connectivity index (χ2n) is 7.68. The zero-order chi connectivity index (χ0) is 18.8. The smallest absolute Gasteiger partial charge is 0.254 e. The van der Waals surface area contributed by atoms with E-state index in [0.717, 1.165) is 26.1 Å². The Kier molecular flexibility index (Phi) is 5.12. The average molecular weight is 368 g/mol. The van der Waals surface area contributed by atoms with Crippen LogP contribution in [0.15, 0.2) is 48.5 Å². The van der Waals surface area contributed by atoms with Crippen LogP contribution in [0.4, 0.5) is 4.39 Å². The van der Waals surface area contributed by atoms with E-state index in [-0.39, 0.29) is 18.3 Å². The summed E-state index contributed by atoms with van der Waals surface area (Å²) in [7, 11) is 2.14. The molecule has 142 valence electrons. The molecule has 1 amide bonds. The van der Waals surface area contributed by atoms with Gasteiger partial charge in [-0.05, 0) is 56.1 Å². The molecule has 2 aromatic carbocycles. The number of halogens is 1. The monoisotopic (exact) mass is 368 g/mol. The molecule has 0 aliphatic carbocycles. The van der Waals surface area contributed by atoms with Gasteiger partial charge in [0, 0.05) is 36.8 Å². The first kappa shape index (κ1) is 18.0. The van der Waals surface area contributed by atoms with Gasteiger partial charge in [-0.25, -0.2) is 4.39 Å². The van der Waals surface area contributed by atoms with Crippen LogP contribution in [0.5, 0.6) is 5.75 Å². The number of hydrogen-bond acceptors (Lipinski definition) is 3. The molecule has 27 heavy (non-hydrogen) atoms. The molecule has 2 aromatic rings. The highest BCUT2D eigenvalue weighted by Gasteiger charge is 2.36. The summed E-state index contributed by atoms with van der Waals surface area (Å²) in [4.78, 5) is 17.4. The van der Waals surface area contributed by atoms with Gasteiger partial charge in [0.15, 0.2) is 0 Å². The summed E-state index contributed by atoms with van der Waals surface area (Å²) in [6, 6.07) is 14.1. The molecule has 2 atom stereocenters. The van der Waals surface area contributed by atoms with Crippen LogP contribution in [0.25, 0.3) is 0 Å². The molecule has 3 saturated heterocycles. The topological polar surface area (TPSA) is 32.8 Å². The summed E-state index contributed by atoms with van der Waals surface area (Å²) < 4.78 is 19.3. The van der Waals surface area contributed by atoms with E-state index in [1.54, 1.807) is 42.5 Å². The van der Waals surface area contributed by atoms with Gasteiger partial charge in [0.2, 0.25) is 0 Å². The normalized spacial score (nSPS) is 22.5. The molecule has 3 aliphatic heterocycles. The largest absolute Gasteiger partial charge is 0.489 e. The third-order valence-corrected chi connectivity index (χ3v) is 5.61. The lowest BCUT2D eigenvalue weighted by atomic mass is 9.94. The quantitative estimate of drug-likeness (QED) is 0.827. The lowest BCUT2D eigenvalue weighted by molar-refractivity contribution is 0.0587. The molecule has 3 aliphatic rings. The van der Waals surface area contributed by atoms with Gasteiger partial charge in [-0.15, -0.1) is 0 Å². The fourth-order valence-corrected chi connectivity index (χ4v) is 4.20. The molecule has 0 saturated carbocycles. The second-order valence-corrected chi connectivity index (χ2v) is 7.68. The van der Waals surface area contributed by atoms with Crippen LogP contribution in [-0.4, -0.2) is 48.4 Å². The molecule has 3 heterocycles. The van der Waals surface area contributed by atoms with Crippen LogP contribution in [0, 0.1) is 11.7 Å². The maximum atomic E-state index is 13.7. The lowest BCUT2D eigenvalue weighted by Gasteiger charge is -2.36. The minimum absolute atomic E-state index is 0.0978. The molecule has 5 heteroatoms. The molecule has 3 fully saturated rings. The third-order valence-electron chi connectivity index (χ3n) is 5.61. The first-order chi connectivity index (χ1) is 13.1. The van der Waals surface area contributed by atoms with Gasteiger partial charge in [-0.2, -0.15) is 0 Å². The molecule has 4 nitrogen and oxygen atoms in total. The minimum atomic E-state index is -0.273. The Labute approximate surface area is 159 Å². The fraction of sp³-hybridized carbons (Fsp3) is 0.409. The summed E-state index contributed by atoms with van der Waals surface area (Å²) in [5.74, 6) is 1.03. The highest BCUT2D eigenvalue weighted by Crippen LogP contribution is 2.29. The van der Waals surface area contributed by atoms with Gasteiger partial charge >= 0.3 is 0 Å². The molecule has 2 bridgehead atoms. The molecule has 0 radical (unpaired) electrons. The van der Waals surface area contributed by atoms with Gasteiger partial charge in [0.1, 0.15) is 18.2 Å². The van der Waals surface area contributed by atoms with Crippen molar-refractivity contribution in [1.29, 1.82) is 0 Å². The van der Waals surface area contributed by atoms with Crippen LogP contribution < -0.4 is 4.74 Å². The fourth-order valence-electron chi connectivity index (χ4n) is 4.20. The van der Waals surface area contributed by atoms with E-state index in [0.29, 0.717) is 28.8 Å². The van der Waals surface area contributed by atoms with Gasteiger partial charge in [0.05, 0.1) is 0 Å². The Morgan fingerprint density at radius 1 is 1.07 bits per heavy atom. The number of carbonyl (C=O) groups excluding carboxylic acids is 1. The lowest BCUT2D eigenvalue weighted by Crippen LogP contribution is -2.47. The second kappa shape index (κ2) is 7.69. The molecule has 0 N–H and O–H groups in total. The summed E-state index contributed by atoms with van der Waals surface area (Å²) in [5, 5.41) is 0. The molecular weight excluding hydrogens is 343 g/mol. The van der Waals surface area contributed by atoms with Crippen molar-refractivity contribution in [1.82, 2.24) is 9.80 Å². The van der Waals surface area contributed by atoms with E-state index in [1.807, 2.05) is 4.90 Å². The molecular formula is C22H25FN2O2. The van der Waals surface area contributed by atoms with Crippen molar-refractivity contribution >= 4 is 5.91 Å². The number of piperidine rings is 1. The van der Waals surface area contributed by atoms with Crippen LogP contribution >= 0.6 is 0 Å². The summed E-state index contributed by atoms with van der Waals surface area (Å²) in [6.45, 7) is 3.04. The SMILES string of the molecule is CN1C[C@@H]2CC[C@H](C1)N(C(=O)c1ccc(OCc3ccccc3F)cc1)C2. The molecule has 0 unspecified atom stereocenters. The number of hydrogen-bond donors (Lipinski definition) is 0. The van der Waals surface area contributed by atoms with E-state index in [2.05, 4.69) is 11.9 Å². The number of ether oxygens (including phenoxy) is 1. The Morgan fingerprint density at radius 3 is 2.63 bits per heavy atom. The Bertz CT molecular complexity index is 808. The highest BCUT2D eigenvalue weighted by molar-refractivity contribution is 5.94. The van der Waals surface area contributed by atoms with E-state index in [1.165, 1.54) is 12.5 Å². The van der Waals surface area contributed by atoms with Gasteiger partial charge < -0.3 is 14.5 Å². The van der Waals surface area contributed by atoms with Gasteiger partial charge in [-0.3, -0.25) is 4.79 Å². The Hall–Kier alpha value is -2.40. The maximum absolute atomic E-state index is 13.7. The van der Waals surface area contributed by atoms with Crippen LogP contribution in [0.2, 0.25) is 0 Å². The van der Waals surface area contributed by atoms with E-state index in [4.69, 9.17) is 4.74 Å². The number of nitrogens with zero attached hydrogens (tertiary/aromatic N) is 2. The number of amides is 1. The van der Waals surface area contributed by atoms with Gasteiger partial charge in [-0.1, -0.05) is 18.2 Å². The minimum Gasteiger partial charge on any atom is -0.489 e. The van der Waals surface area contributed by atoms with Crippen molar-refractivity contribution in [3.63, 3.8) is 0 Å². The van der Waals surface area contributed by atoms with Crippen LogP contribution in [-0.2, 0) is 6.61 Å². The maximum Gasteiger partial charge on any atom is 0.254 e. The van der Waals surface area contributed by atoms with E-state index >= 15 is 0 Å². The number of fused-ring (bicyclic) bond motifs is 4. The number of rotatable bonds is 4. The highest BCUT2D eigenvalue weighted by atomic mass is 19.1. The Balaban J connectivity index is 1.41.